The second kappa shape index (κ2) is 4.83. The third-order valence-corrected chi connectivity index (χ3v) is 3.19. The topological polar surface area (TPSA) is 21.3 Å². The van der Waals surface area contributed by atoms with Crippen molar-refractivity contribution in [2.45, 2.75) is 32.2 Å². The molecule has 88 valence electrons. The number of hydrogen-bond acceptors (Lipinski definition) is 2. The van der Waals surface area contributed by atoms with Gasteiger partial charge < -0.3 is 10.1 Å². The fourth-order valence-corrected chi connectivity index (χ4v) is 2.24. The van der Waals surface area contributed by atoms with E-state index in [-0.39, 0.29) is 5.82 Å². The zero-order chi connectivity index (χ0) is 11.5. The number of aryl methyl sites for hydroxylation is 1. The maximum absolute atomic E-state index is 13.5. The summed E-state index contributed by atoms with van der Waals surface area (Å²) in [6.45, 7) is 2.83. The zero-order valence-corrected chi connectivity index (χ0v) is 9.85. The minimum absolute atomic E-state index is 0.145. The van der Waals surface area contributed by atoms with Crippen LogP contribution in [0.3, 0.4) is 0 Å². The Morgan fingerprint density at radius 2 is 2.31 bits per heavy atom. The van der Waals surface area contributed by atoms with E-state index in [1.54, 1.807) is 26.2 Å². The summed E-state index contributed by atoms with van der Waals surface area (Å²) in [5.74, 6) is 0.654. The van der Waals surface area contributed by atoms with Crippen molar-refractivity contribution in [3.8, 4) is 5.75 Å². The van der Waals surface area contributed by atoms with Crippen molar-refractivity contribution < 1.29 is 9.13 Å². The molecule has 0 saturated carbocycles. The highest BCUT2D eigenvalue weighted by atomic mass is 19.1. The van der Waals surface area contributed by atoms with E-state index in [4.69, 9.17) is 4.74 Å². The standard InChI is InChI=1S/C13H18FNO/c1-9-6-13(16-2)10(8-12(9)14)7-11-4-3-5-15-11/h6,8,11,15H,3-5,7H2,1-2H3. The molecule has 1 saturated heterocycles. The van der Waals surface area contributed by atoms with E-state index in [2.05, 4.69) is 5.32 Å². The van der Waals surface area contributed by atoms with Crippen LogP contribution in [-0.4, -0.2) is 19.7 Å². The van der Waals surface area contributed by atoms with E-state index in [0.717, 1.165) is 24.3 Å². The SMILES string of the molecule is COc1cc(C)c(F)cc1CC1CCCN1. The predicted octanol–water partition coefficient (Wildman–Crippen LogP) is 2.44. The van der Waals surface area contributed by atoms with Gasteiger partial charge in [-0.25, -0.2) is 4.39 Å². The minimum Gasteiger partial charge on any atom is -0.496 e. The van der Waals surface area contributed by atoms with Crippen LogP contribution >= 0.6 is 0 Å². The molecule has 1 N–H and O–H groups in total. The number of ether oxygens (including phenoxy) is 1. The number of halogens is 1. The molecule has 0 bridgehead atoms. The smallest absolute Gasteiger partial charge is 0.126 e. The lowest BCUT2D eigenvalue weighted by Gasteiger charge is -2.14. The van der Waals surface area contributed by atoms with Crippen LogP contribution in [0.25, 0.3) is 0 Å². The average Bonchev–Trinajstić information content (AvgIpc) is 2.76. The van der Waals surface area contributed by atoms with Crippen molar-refractivity contribution in [1.82, 2.24) is 5.32 Å². The molecule has 1 aromatic rings. The van der Waals surface area contributed by atoms with Crippen molar-refractivity contribution in [2.75, 3.05) is 13.7 Å². The third kappa shape index (κ3) is 2.35. The van der Waals surface area contributed by atoms with Gasteiger partial charge in [0.1, 0.15) is 11.6 Å². The summed E-state index contributed by atoms with van der Waals surface area (Å²) in [5.41, 5.74) is 1.60. The van der Waals surface area contributed by atoms with Crippen LogP contribution in [0, 0.1) is 12.7 Å². The number of rotatable bonds is 3. The lowest BCUT2D eigenvalue weighted by atomic mass is 10.0. The van der Waals surface area contributed by atoms with Gasteiger partial charge in [-0.05, 0) is 56.0 Å². The van der Waals surface area contributed by atoms with Gasteiger partial charge >= 0.3 is 0 Å². The van der Waals surface area contributed by atoms with E-state index >= 15 is 0 Å². The fraction of sp³-hybridized carbons (Fsp3) is 0.538. The predicted molar refractivity (Wildman–Crippen MR) is 62.4 cm³/mol. The Morgan fingerprint density at radius 1 is 1.50 bits per heavy atom. The van der Waals surface area contributed by atoms with Crippen molar-refractivity contribution in [2.24, 2.45) is 0 Å². The van der Waals surface area contributed by atoms with Gasteiger partial charge in [-0.15, -0.1) is 0 Å². The summed E-state index contributed by atoms with van der Waals surface area (Å²) in [7, 11) is 1.64. The van der Waals surface area contributed by atoms with Crippen LogP contribution < -0.4 is 10.1 Å². The molecule has 2 rings (SSSR count). The Kier molecular flexibility index (Phi) is 3.44. The van der Waals surface area contributed by atoms with E-state index in [9.17, 15) is 4.39 Å². The van der Waals surface area contributed by atoms with Gasteiger partial charge in [0.2, 0.25) is 0 Å². The highest BCUT2D eigenvalue weighted by Gasteiger charge is 2.17. The molecular weight excluding hydrogens is 205 g/mol. The summed E-state index contributed by atoms with van der Waals surface area (Å²) in [4.78, 5) is 0. The Labute approximate surface area is 95.8 Å². The Morgan fingerprint density at radius 3 is 2.94 bits per heavy atom. The maximum atomic E-state index is 13.5. The first-order chi connectivity index (χ1) is 7.70. The van der Waals surface area contributed by atoms with Gasteiger partial charge in [-0.1, -0.05) is 0 Å². The van der Waals surface area contributed by atoms with Crippen LogP contribution in [0.5, 0.6) is 5.75 Å². The molecule has 1 heterocycles. The van der Waals surface area contributed by atoms with Crippen LogP contribution in [0.4, 0.5) is 4.39 Å². The van der Waals surface area contributed by atoms with E-state index < -0.39 is 0 Å². The van der Waals surface area contributed by atoms with Crippen molar-refractivity contribution in [3.63, 3.8) is 0 Å². The molecule has 0 radical (unpaired) electrons. The van der Waals surface area contributed by atoms with Crippen LogP contribution in [0.1, 0.15) is 24.0 Å². The highest BCUT2D eigenvalue weighted by molar-refractivity contribution is 5.38. The van der Waals surface area contributed by atoms with Gasteiger partial charge in [0, 0.05) is 6.04 Å². The van der Waals surface area contributed by atoms with Crippen molar-refractivity contribution in [1.29, 1.82) is 0 Å². The Hall–Kier alpha value is -1.09. The summed E-state index contributed by atoms with van der Waals surface area (Å²) in [5, 5.41) is 3.41. The lowest BCUT2D eigenvalue weighted by Crippen LogP contribution is -2.23. The average molecular weight is 223 g/mol. The summed E-state index contributed by atoms with van der Waals surface area (Å²) in [6, 6.07) is 3.85. The molecule has 1 aliphatic rings. The lowest BCUT2D eigenvalue weighted by molar-refractivity contribution is 0.404. The minimum atomic E-state index is -0.145. The van der Waals surface area contributed by atoms with Gasteiger partial charge in [-0.3, -0.25) is 0 Å². The molecule has 16 heavy (non-hydrogen) atoms. The first kappa shape index (κ1) is 11.4. The molecular formula is C13H18FNO. The molecule has 0 spiro atoms. The van der Waals surface area contributed by atoms with E-state index in [1.807, 2.05) is 0 Å². The van der Waals surface area contributed by atoms with Crippen molar-refractivity contribution >= 4 is 0 Å². The molecule has 1 unspecified atom stereocenters. The summed E-state index contributed by atoms with van der Waals surface area (Å²) in [6.07, 6.45) is 3.22. The molecule has 3 heteroatoms. The first-order valence-corrected chi connectivity index (χ1v) is 5.77. The fourth-order valence-electron chi connectivity index (χ4n) is 2.24. The molecule has 1 fully saturated rings. The number of benzene rings is 1. The molecule has 1 aromatic carbocycles. The largest absolute Gasteiger partial charge is 0.496 e. The molecule has 0 aliphatic carbocycles. The normalized spacial score (nSPS) is 20.1. The monoisotopic (exact) mass is 223 g/mol. The van der Waals surface area contributed by atoms with Crippen LogP contribution in [0.2, 0.25) is 0 Å². The quantitative estimate of drug-likeness (QED) is 0.849. The number of hydrogen-bond donors (Lipinski definition) is 1. The maximum Gasteiger partial charge on any atom is 0.126 e. The van der Waals surface area contributed by atoms with Crippen molar-refractivity contribution in [3.05, 3.63) is 29.1 Å². The first-order valence-electron chi connectivity index (χ1n) is 5.77. The third-order valence-electron chi connectivity index (χ3n) is 3.19. The molecule has 1 atom stereocenters. The zero-order valence-electron chi connectivity index (χ0n) is 9.85. The Balaban J connectivity index is 2.20. The number of nitrogens with one attached hydrogen (secondary N) is 1. The van der Waals surface area contributed by atoms with Gasteiger partial charge in [0.05, 0.1) is 7.11 Å². The molecule has 1 aliphatic heterocycles. The number of methoxy groups -OCH3 is 1. The summed E-state index contributed by atoms with van der Waals surface area (Å²) >= 11 is 0. The second-order valence-electron chi connectivity index (χ2n) is 4.41. The molecule has 2 nitrogen and oxygen atoms in total. The summed E-state index contributed by atoms with van der Waals surface area (Å²) < 4.78 is 18.8. The van der Waals surface area contributed by atoms with Crippen LogP contribution in [-0.2, 0) is 6.42 Å². The highest BCUT2D eigenvalue weighted by Crippen LogP contribution is 2.25. The van der Waals surface area contributed by atoms with Gasteiger partial charge in [0.15, 0.2) is 0 Å². The van der Waals surface area contributed by atoms with E-state index in [0.29, 0.717) is 11.6 Å². The van der Waals surface area contributed by atoms with Crippen LogP contribution in [0.15, 0.2) is 12.1 Å². The van der Waals surface area contributed by atoms with Gasteiger partial charge in [-0.2, -0.15) is 0 Å². The molecule has 0 aromatic heterocycles. The molecule has 0 amide bonds. The van der Waals surface area contributed by atoms with E-state index in [1.165, 1.54) is 12.8 Å². The Bertz CT molecular complexity index is 372. The van der Waals surface area contributed by atoms with Gasteiger partial charge in [0.25, 0.3) is 0 Å². The second-order valence-corrected chi connectivity index (χ2v) is 4.41.